The van der Waals surface area contributed by atoms with E-state index >= 15 is 0 Å². The number of ether oxygens (including phenoxy) is 2. The first-order valence-corrected chi connectivity index (χ1v) is 16.9. The molecule has 4 rings (SSSR count). The van der Waals surface area contributed by atoms with Crippen molar-refractivity contribution in [2.24, 2.45) is 0 Å². The van der Waals surface area contributed by atoms with Crippen LogP contribution in [0.5, 0.6) is 0 Å². The van der Waals surface area contributed by atoms with E-state index in [1.165, 1.54) is 6.82 Å². The minimum absolute atomic E-state index is 0.000667. The number of carbonyl (C=O) groups is 4. The Bertz CT molecular complexity index is 1330. The van der Waals surface area contributed by atoms with Crippen LogP contribution in [0.2, 0.25) is 6.82 Å². The zero-order valence-electron chi connectivity index (χ0n) is 29.5. The quantitative estimate of drug-likeness (QED) is 0.272. The Morgan fingerprint density at radius 3 is 1.54 bits per heavy atom. The molecule has 2 heterocycles. The predicted octanol–water partition coefficient (Wildman–Crippen LogP) is 6.17. The standard InChI is InChI=1S/C17H24N2O3.C16H21BrN2O3.CH5BO2/c1-10(2)22-17(21)18-15-9-12(4)19(13(5)20)16-7-6-11(3)8-14(15)16;1-9(2)22-16(21)18-14-7-10(3)19(11(4)20)15-6-5-12(17)8-13(14)15;1-2(3)4/h6-8,10,12,15H,9H2,1-5H3,(H,18,21);5-6,8-10,14H,7H2,1-4H3,(H,18,21);3-4H,1H3/t12-,15+;10-,14+;/m00./s1. The van der Waals surface area contributed by atoms with Gasteiger partial charge in [-0.05, 0) is 104 Å². The Morgan fingerprint density at radius 2 is 1.17 bits per heavy atom. The molecule has 0 fully saturated rings. The molecule has 0 saturated heterocycles. The first-order chi connectivity index (χ1) is 22.3. The van der Waals surface area contributed by atoms with Crippen molar-refractivity contribution in [3.05, 3.63) is 57.6 Å². The number of aryl methyl sites for hydroxylation is 1. The number of alkyl carbamates (subject to hydrolysis) is 2. The SMILES string of the molecule is CB(O)O.CC(=O)N1c2ccc(Br)cc2[C@H](NC(=O)OC(C)C)C[C@@H]1C.CC(=O)N1c2ccc(C)cc2[C@H](NC(=O)OC(C)C)C[C@@H]1C. The number of amides is 4. The van der Waals surface area contributed by atoms with Gasteiger partial charge in [-0.25, -0.2) is 9.59 Å². The third-order valence-electron chi connectivity index (χ3n) is 7.43. The maximum atomic E-state index is 11.9. The Hall–Kier alpha value is -3.62. The fourth-order valence-corrected chi connectivity index (χ4v) is 6.21. The lowest BCUT2D eigenvalue weighted by atomic mass is 9.90. The third-order valence-corrected chi connectivity index (χ3v) is 7.92. The zero-order chi connectivity index (χ0) is 36.5. The Labute approximate surface area is 292 Å². The summed E-state index contributed by atoms with van der Waals surface area (Å²) in [6.45, 7) is 17.6. The normalized spacial score (nSPS) is 19.4. The van der Waals surface area contributed by atoms with E-state index in [0.717, 1.165) is 32.5 Å². The lowest BCUT2D eigenvalue weighted by Gasteiger charge is -2.39. The van der Waals surface area contributed by atoms with Gasteiger partial charge in [0.25, 0.3) is 0 Å². The van der Waals surface area contributed by atoms with Gasteiger partial charge in [-0.3, -0.25) is 9.59 Å². The van der Waals surface area contributed by atoms with Crippen LogP contribution in [0.25, 0.3) is 0 Å². The Balaban J connectivity index is 0.000000300. The van der Waals surface area contributed by atoms with Crippen molar-refractivity contribution >= 4 is 58.4 Å². The van der Waals surface area contributed by atoms with E-state index in [4.69, 9.17) is 19.5 Å². The van der Waals surface area contributed by atoms with Crippen LogP contribution in [0.15, 0.2) is 40.9 Å². The molecule has 4 amide bonds. The number of halogens is 1. The summed E-state index contributed by atoms with van der Waals surface area (Å²) in [4.78, 5) is 51.3. The highest BCUT2D eigenvalue weighted by atomic mass is 79.9. The highest BCUT2D eigenvalue weighted by molar-refractivity contribution is 9.10. The third kappa shape index (κ3) is 11.8. The number of nitrogens with one attached hydrogen (secondary N) is 2. The van der Waals surface area contributed by atoms with E-state index in [9.17, 15) is 19.2 Å². The van der Waals surface area contributed by atoms with E-state index in [0.29, 0.717) is 12.8 Å². The number of rotatable bonds is 4. The van der Waals surface area contributed by atoms with Gasteiger partial charge in [0.15, 0.2) is 0 Å². The van der Waals surface area contributed by atoms with Crippen LogP contribution in [0.3, 0.4) is 0 Å². The molecule has 2 aromatic carbocycles. The molecule has 2 aliphatic rings. The monoisotopic (exact) mass is 732 g/mol. The fraction of sp³-hybridized carbons (Fsp3) is 0.529. The summed E-state index contributed by atoms with van der Waals surface area (Å²) in [6.07, 6.45) is 0.133. The number of hydrogen-bond acceptors (Lipinski definition) is 8. The molecule has 12 nitrogen and oxygen atoms in total. The van der Waals surface area contributed by atoms with Crippen LogP contribution in [0, 0.1) is 6.92 Å². The van der Waals surface area contributed by atoms with Crippen molar-refractivity contribution in [1.82, 2.24) is 10.6 Å². The van der Waals surface area contributed by atoms with Crippen LogP contribution in [-0.4, -0.2) is 65.5 Å². The summed E-state index contributed by atoms with van der Waals surface area (Å²) < 4.78 is 11.3. The lowest BCUT2D eigenvalue weighted by Crippen LogP contribution is -2.45. The number of carbonyl (C=O) groups excluding carboxylic acids is 4. The minimum Gasteiger partial charge on any atom is -0.447 e. The molecule has 4 atom stereocenters. The van der Waals surface area contributed by atoms with Gasteiger partial charge in [-0.2, -0.15) is 0 Å². The Kier molecular flexibility index (Phi) is 15.4. The van der Waals surface area contributed by atoms with Crippen molar-refractivity contribution in [2.75, 3.05) is 9.80 Å². The van der Waals surface area contributed by atoms with Crippen molar-refractivity contribution in [2.45, 2.75) is 118 Å². The lowest BCUT2D eigenvalue weighted by molar-refractivity contribution is -0.118. The average Bonchev–Trinajstić information content (AvgIpc) is 2.92. The second-order valence-corrected chi connectivity index (χ2v) is 13.6. The van der Waals surface area contributed by atoms with E-state index < -0.39 is 19.3 Å². The van der Waals surface area contributed by atoms with E-state index in [-0.39, 0.29) is 48.2 Å². The number of anilines is 2. The summed E-state index contributed by atoms with van der Waals surface area (Å²) in [7, 11) is -1.17. The smallest absolute Gasteiger partial charge is 0.447 e. The van der Waals surface area contributed by atoms with Crippen LogP contribution >= 0.6 is 15.9 Å². The first-order valence-electron chi connectivity index (χ1n) is 16.1. The van der Waals surface area contributed by atoms with Gasteiger partial charge in [0.1, 0.15) is 0 Å². The Morgan fingerprint density at radius 1 is 0.792 bits per heavy atom. The van der Waals surface area contributed by atoms with E-state index in [2.05, 4.69) is 26.6 Å². The van der Waals surface area contributed by atoms with Gasteiger partial charge in [0.05, 0.1) is 24.3 Å². The highest BCUT2D eigenvalue weighted by Crippen LogP contribution is 2.39. The highest BCUT2D eigenvalue weighted by Gasteiger charge is 2.35. The summed E-state index contributed by atoms with van der Waals surface area (Å²) in [5.74, 6) is 0.0140. The van der Waals surface area contributed by atoms with Gasteiger partial charge >= 0.3 is 19.3 Å². The molecule has 0 saturated carbocycles. The summed E-state index contributed by atoms with van der Waals surface area (Å²) in [5, 5.41) is 21.1. The second kappa shape index (κ2) is 18.2. The average molecular weight is 734 g/mol. The maximum absolute atomic E-state index is 11.9. The van der Waals surface area contributed by atoms with Gasteiger partial charge in [0.2, 0.25) is 11.8 Å². The van der Waals surface area contributed by atoms with E-state index in [1.807, 2.05) is 84.9 Å². The van der Waals surface area contributed by atoms with E-state index in [1.54, 1.807) is 23.6 Å². The molecular formula is C34H50BBrN4O8. The maximum Gasteiger partial charge on any atom is 0.448 e. The molecule has 48 heavy (non-hydrogen) atoms. The summed E-state index contributed by atoms with van der Waals surface area (Å²) in [5.41, 5.74) is 4.69. The molecule has 14 heteroatoms. The number of fused-ring (bicyclic) bond motifs is 2. The van der Waals surface area contributed by atoms with Crippen LogP contribution in [-0.2, 0) is 19.1 Å². The first kappa shape index (κ1) is 40.6. The van der Waals surface area contributed by atoms with Crippen molar-refractivity contribution in [3.63, 3.8) is 0 Å². The molecule has 264 valence electrons. The fourth-order valence-electron chi connectivity index (χ4n) is 5.83. The molecule has 2 aliphatic heterocycles. The molecule has 0 aliphatic carbocycles. The topological polar surface area (TPSA) is 158 Å². The predicted molar refractivity (Wildman–Crippen MR) is 191 cm³/mol. The molecule has 2 aromatic rings. The number of nitrogens with zero attached hydrogens (tertiary/aromatic N) is 2. The summed E-state index contributed by atoms with van der Waals surface area (Å²) >= 11 is 3.45. The largest absolute Gasteiger partial charge is 0.448 e. The number of hydrogen-bond donors (Lipinski definition) is 4. The van der Waals surface area contributed by atoms with Gasteiger partial charge < -0.3 is 40.0 Å². The molecular weight excluding hydrogens is 683 g/mol. The minimum atomic E-state index is -1.17. The van der Waals surface area contributed by atoms with Crippen molar-refractivity contribution in [3.8, 4) is 0 Å². The van der Waals surface area contributed by atoms with Crippen LogP contribution < -0.4 is 20.4 Å². The molecule has 0 bridgehead atoms. The zero-order valence-corrected chi connectivity index (χ0v) is 31.1. The van der Waals surface area contributed by atoms with Crippen molar-refractivity contribution in [1.29, 1.82) is 0 Å². The van der Waals surface area contributed by atoms with Gasteiger partial charge in [0, 0.05) is 41.8 Å². The molecule has 0 unspecified atom stereocenters. The number of benzene rings is 2. The van der Waals surface area contributed by atoms with Gasteiger partial charge in [-0.1, -0.05) is 33.6 Å². The molecule has 4 N–H and O–H groups in total. The second-order valence-electron chi connectivity index (χ2n) is 12.6. The van der Waals surface area contributed by atoms with Crippen molar-refractivity contribution < 1.29 is 38.7 Å². The van der Waals surface area contributed by atoms with Crippen LogP contribution in [0.1, 0.15) is 97.0 Å². The molecule has 0 aromatic heterocycles. The molecule has 0 spiro atoms. The van der Waals surface area contributed by atoms with Gasteiger partial charge in [-0.15, -0.1) is 0 Å². The molecule has 0 radical (unpaired) electrons. The summed E-state index contributed by atoms with van der Waals surface area (Å²) in [6, 6.07) is 11.4. The van der Waals surface area contributed by atoms with Crippen LogP contribution in [0.4, 0.5) is 21.0 Å².